The predicted octanol–water partition coefficient (Wildman–Crippen LogP) is 1.69. The number of benzene rings is 1. The number of ether oxygens (including phenoxy) is 2. The van der Waals surface area contributed by atoms with E-state index in [1.165, 1.54) is 12.1 Å². The minimum absolute atomic E-state index is 0.0264. The minimum atomic E-state index is -0.530. The van der Waals surface area contributed by atoms with E-state index in [-0.39, 0.29) is 25.6 Å². The summed E-state index contributed by atoms with van der Waals surface area (Å²) in [5.41, 5.74) is 0.851. The van der Waals surface area contributed by atoms with Gasteiger partial charge in [-0.05, 0) is 37.5 Å². The largest absolute Gasteiger partial charge is 0.479 e. The van der Waals surface area contributed by atoms with Crippen molar-refractivity contribution in [3.8, 4) is 5.75 Å². The number of aliphatic hydroxyl groups is 1. The zero-order valence-electron chi connectivity index (χ0n) is 10.3. The van der Waals surface area contributed by atoms with Gasteiger partial charge in [0, 0.05) is 6.61 Å². The molecule has 0 aromatic heterocycles. The number of hydrogen-bond acceptors (Lipinski definition) is 4. The van der Waals surface area contributed by atoms with Gasteiger partial charge in [0.15, 0.2) is 18.2 Å². The Hall–Kier alpha value is -1.62. The third-order valence-corrected chi connectivity index (χ3v) is 2.27. The second-order valence-electron chi connectivity index (χ2n) is 3.69. The van der Waals surface area contributed by atoms with Crippen LogP contribution in [0.1, 0.15) is 18.9 Å². The molecule has 0 saturated heterocycles. The predicted molar refractivity (Wildman–Crippen MR) is 63.9 cm³/mol. The Morgan fingerprint density at radius 1 is 1.44 bits per heavy atom. The number of carbonyl (C=O) groups excluding carboxylic acids is 1. The van der Waals surface area contributed by atoms with Gasteiger partial charge in [0.2, 0.25) is 0 Å². The quantitative estimate of drug-likeness (QED) is 0.754. The summed E-state index contributed by atoms with van der Waals surface area (Å²) in [5.74, 6) is -1.02. The molecule has 0 aliphatic carbocycles. The highest BCUT2D eigenvalue weighted by atomic mass is 19.1. The van der Waals surface area contributed by atoms with E-state index in [0.29, 0.717) is 12.8 Å². The highest BCUT2D eigenvalue weighted by Crippen LogP contribution is 2.19. The molecule has 4 nitrogen and oxygen atoms in total. The Bertz CT molecular complexity index is 393. The molecule has 0 bridgehead atoms. The third kappa shape index (κ3) is 4.71. The van der Waals surface area contributed by atoms with Crippen molar-refractivity contribution in [2.45, 2.75) is 19.8 Å². The molecule has 0 spiro atoms. The van der Waals surface area contributed by atoms with Crippen LogP contribution < -0.4 is 4.74 Å². The van der Waals surface area contributed by atoms with Gasteiger partial charge in [-0.15, -0.1) is 0 Å². The molecular formula is C13H17FO4. The fraction of sp³-hybridized carbons (Fsp3) is 0.462. The number of carbonyl (C=O) groups is 1. The van der Waals surface area contributed by atoms with Crippen molar-refractivity contribution >= 4 is 5.97 Å². The summed E-state index contributed by atoms with van der Waals surface area (Å²) >= 11 is 0. The van der Waals surface area contributed by atoms with Crippen molar-refractivity contribution in [3.63, 3.8) is 0 Å². The molecule has 18 heavy (non-hydrogen) atoms. The van der Waals surface area contributed by atoms with Crippen molar-refractivity contribution in [3.05, 3.63) is 29.6 Å². The summed E-state index contributed by atoms with van der Waals surface area (Å²) in [5, 5.41) is 8.72. The Balaban J connectivity index is 2.60. The summed E-state index contributed by atoms with van der Waals surface area (Å²) in [6.07, 6.45) is 1.23. The van der Waals surface area contributed by atoms with Gasteiger partial charge in [0.05, 0.1) is 6.61 Å². The van der Waals surface area contributed by atoms with Crippen molar-refractivity contribution in [1.29, 1.82) is 0 Å². The van der Waals surface area contributed by atoms with E-state index in [1.54, 1.807) is 13.0 Å². The van der Waals surface area contributed by atoms with Crippen LogP contribution in [-0.2, 0) is 16.0 Å². The molecule has 1 aromatic rings. The van der Waals surface area contributed by atoms with Crippen molar-refractivity contribution in [1.82, 2.24) is 0 Å². The van der Waals surface area contributed by atoms with Gasteiger partial charge in [0.25, 0.3) is 0 Å². The zero-order chi connectivity index (χ0) is 13.4. The van der Waals surface area contributed by atoms with Gasteiger partial charge in [-0.3, -0.25) is 0 Å². The number of aryl methyl sites for hydroxylation is 1. The van der Waals surface area contributed by atoms with E-state index >= 15 is 0 Å². The van der Waals surface area contributed by atoms with Crippen LogP contribution in [-0.4, -0.2) is 30.9 Å². The lowest BCUT2D eigenvalue weighted by Crippen LogP contribution is -2.15. The van der Waals surface area contributed by atoms with Crippen LogP contribution >= 0.6 is 0 Å². The van der Waals surface area contributed by atoms with Crippen LogP contribution in [0.15, 0.2) is 18.2 Å². The lowest BCUT2D eigenvalue weighted by molar-refractivity contribution is -0.145. The molecule has 0 amide bonds. The fourth-order valence-electron chi connectivity index (χ4n) is 1.44. The molecule has 1 rings (SSSR count). The van der Waals surface area contributed by atoms with Crippen LogP contribution in [0.25, 0.3) is 0 Å². The molecule has 0 aliphatic heterocycles. The molecule has 0 aliphatic rings. The van der Waals surface area contributed by atoms with Gasteiger partial charge < -0.3 is 14.6 Å². The Labute approximate surface area is 105 Å². The molecule has 100 valence electrons. The van der Waals surface area contributed by atoms with Crippen LogP contribution in [0, 0.1) is 5.82 Å². The van der Waals surface area contributed by atoms with Crippen LogP contribution in [0.3, 0.4) is 0 Å². The Morgan fingerprint density at radius 3 is 2.89 bits per heavy atom. The fourth-order valence-corrected chi connectivity index (χ4v) is 1.44. The number of aliphatic hydroxyl groups excluding tert-OH is 1. The van der Waals surface area contributed by atoms with Crippen LogP contribution in [0.5, 0.6) is 5.75 Å². The van der Waals surface area contributed by atoms with Crippen molar-refractivity contribution < 1.29 is 23.8 Å². The molecule has 0 heterocycles. The molecule has 0 saturated carbocycles. The van der Waals surface area contributed by atoms with E-state index in [2.05, 4.69) is 4.74 Å². The normalized spacial score (nSPS) is 10.2. The summed E-state index contributed by atoms with van der Waals surface area (Å²) in [6, 6.07) is 4.44. The molecule has 0 radical (unpaired) electrons. The summed E-state index contributed by atoms with van der Waals surface area (Å²) in [7, 11) is 0. The topological polar surface area (TPSA) is 55.8 Å². The minimum Gasteiger partial charge on any atom is -0.479 e. The third-order valence-electron chi connectivity index (χ3n) is 2.27. The molecule has 0 atom stereocenters. The van der Waals surface area contributed by atoms with Gasteiger partial charge in [-0.2, -0.15) is 0 Å². The van der Waals surface area contributed by atoms with E-state index < -0.39 is 11.8 Å². The summed E-state index contributed by atoms with van der Waals surface area (Å²) in [4.78, 5) is 11.1. The Kier molecular flexibility index (Phi) is 6.14. The molecule has 0 unspecified atom stereocenters. The maximum atomic E-state index is 13.4. The first-order valence-corrected chi connectivity index (χ1v) is 5.85. The van der Waals surface area contributed by atoms with E-state index in [0.717, 1.165) is 5.56 Å². The van der Waals surface area contributed by atoms with Crippen molar-refractivity contribution in [2.24, 2.45) is 0 Å². The number of hydrogen-bond donors (Lipinski definition) is 1. The lowest BCUT2D eigenvalue weighted by Gasteiger charge is -2.08. The number of esters is 1. The lowest BCUT2D eigenvalue weighted by atomic mass is 10.1. The second kappa shape index (κ2) is 7.66. The standard InChI is InChI=1S/C13H17FO4/c1-2-17-13(16)9-18-12-8-10(4-3-7-15)5-6-11(12)14/h5-6,8,15H,2-4,7,9H2,1H3. The van der Waals surface area contributed by atoms with Gasteiger partial charge in [-0.25, -0.2) is 9.18 Å². The number of rotatable bonds is 7. The van der Waals surface area contributed by atoms with Crippen molar-refractivity contribution in [2.75, 3.05) is 19.8 Å². The maximum absolute atomic E-state index is 13.4. The molecule has 5 heteroatoms. The smallest absolute Gasteiger partial charge is 0.344 e. The van der Waals surface area contributed by atoms with Crippen LogP contribution in [0.2, 0.25) is 0 Å². The average Bonchev–Trinajstić information content (AvgIpc) is 2.36. The number of halogens is 1. The SMILES string of the molecule is CCOC(=O)COc1cc(CCCO)ccc1F. The first-order valence-electron chi connectivity index (χ1n) is 5.85. The molecule has 0 fully saturated rings. The maximum Gasteiger partial charge on any atom is 0.344 e. The Morgan fingerprint density at radius 2 is 2.22 bits per heavy atom. The van der Waals surface area contributed by atoms with E-state index in [4.69, 9.17) is 9.84 Å². The summed E-state index contributed by atoms with van der Waals surface area (Å²) < 4.78 is 23.1. The van der Waals surface area contributed by atoms with Crippen LogP contribution in [0.4, 0.5) is 4.39 Å². The summed E-state index contributed by atoms with van der Waals surface area (Å²) in [6.45, 7) is 1.72. The molecule has 1 aromatic carbocycles. The first kappa shape index (κ1) is 14.4. The highest BCUT2D eigenvalue weighted by molar-refractivity contribution is 5.71. The zero-order valence-corrected chi connectivity index (χ0v) is 10.3. The van der Waals surface area contributed by atoms with E-state index in [1.807, 2.05) is 0 Å². The highest BCUT2D eigenvalue weighted by Gasteiger charge is 2.08. The van der Waals surface area contributed by atoms with Gasteiger partial charge in [-0.1, -0.05) is 6.07 Å². The second-order valence-corrected chi connectivity index (χ2v) is 3.69. The molecular weight excluding hydrogens is 239 g/mol. The molecule has 1 N–H and O–H groups in total. The van der Waals surface area contributed by atoms with Gasteiger partial charge >= 0.3 is 5.97 Å². The average molecular weight is 256 g/mol. The van der Waals surface area contributed by atoms with Gasteiger partial charge in [0.1, 0.15) is 0 Å². The van der Waals surface area contributed by atoms with E-state index in [9.17, 15) is 9.18 Å². The first-order chi connectivity index (χ1) is 8.67. The monoisotopic (exact) mass is 256 g/mol.